The van der Waals surface area contributed by atoms with E-state index in [4.69, 9.17) is 32.7 Å². The van der Waals surface area contributed by atoms with E-state index in [1.165, 1.54) is 24.8 Å². The second kappa shape index (κ2) is 12.7. The Labute approximate surface area is 216 Å². The molecule has 3 rings (SSSR count). The average Bonchev–Trinajstić information content (AvgIpc) is 2.82. The van der Waals surface area contributed by atoms with E-state index in [1.54, 1.807) is 24.3 Å². The highest BCUT2D eigenvalue weighted by Crippen LogP contribution is 2.30. The topological polar surface area (TPSA) is 86.2 Å². The van der Waals surface area contributed by atoms with Crippen molar-refractivity contribution in [3.8, 4) is 5.75 Å². The van der Waals surface area contributed by atoms with Crippen LogP contribution in [0, 0.1) is 0 Å². The van der Waals surface area contributed by atoms with Gasteiger partial charge in [-0.1, -0.05) is 52.2 Å². The Bertz CT molecular complexity index is 1090. The van der Waals surface area contributed by atoms with Crippen LogP contribution in [0.3, 0.4) is 0 Å². The molecule has 1 N–H and O–H groups in total. The van der Waals surface area contributed by atoms with Gasteiger partial charge in [0.25, 0.3) is 0 Å². The number of benzene rings is 2. The highest BCUT2D eigenvalue weighted by atomic mass is 35.5. The summed E-state index contributed by atoms with van der Waals surface area (Å²) in [6.07, 6.45) is 4.88. The fourth-order valence-corrected chi connectivity index (χ4v) is 3.90. The predicted octanol–water partition coefficient (Wildman–Crippen LogP) is 7.02. The van der Waals surface area contributed by atoms with E-state index in [0.29, 0.717) is 11.3 Å². The van der Waals surface area contributed by atoms with E-state index in [-0.39, 0.29) is 35.1 Å². The first-order valence-corrected chi connectivity index (χ1v) is 12.4. The third-order valence-electron chi connectivity index (χ3n) is 5.58. The summed E-state index contributed by atoms with van der Waals surface area (Å²) in [7, 11) is 0. The van der Waals surface area contributed by atoms with Crippen molar-refractivity contribution in [1.29, 1.82) is 0 Å². The number of hydrogen-bond donors (Lipinski definition) is 1. The van der Waals surface area contributed by atoms with Gasteiger partial charge < -0.3 is 14.8 Å². The second-order valence-corrected chi connectivity index (χ2v) is 9.43. The number of hydrogen-bond acceptors (Lipinski definition) is 7. The summed E-state index contributed by atoms with van der Waals surface area (Å²) < 4.78 is 11.1. The maximum absolute atomic E-state index is 12.3. The number of esters is 1. The van der Waals surface area contributed by atoms with Crippen molar-refractivity contribution in [2.45, 2.75) is 51.9 Å². The number of nitrogens with zero attached hydrogens (tertiary/aromatic N) is 3. The van der Waals surface area contributed by atoms with E-state index in [2.05, 4.69) is 53.2 Å². The van der Waals surface area contributed by atoms with Crippen LogP contribution in [-0.2, 0) is 10.2 Å². The maximum Gasteiger partial charge on any atom is 0.338 e. The van der Waals surface area contributed by atoms with E-state index >= 15 is 0 Å². The van der Waals surface area contributed by atoms with Crippen LogP contribution in [0.2, 0.25) is 10.6 Å². The molecule has 2 aromatic carbocycles. The Morgan fingerprint density at radius 1 is 0.914 bits per heavy atom. The molecule has 0 aliphatic heterocycles. The van der Waals surface area contributed by atoms with Gasteiger partial charge in [-0.05, 0) is 77.0 Å². The zero-order chi connectivity index (χ0) is 25.3. The molecule has 0 amide bonds. The molecule has 0 radical (unpaired) electrons. The highest BCUT2D eigenvalue weighted by molar-refractivity contribution is 6.31. The van der Waals surface area contributed by atoms with Crippen LogP contribution in [-0.4, -0.2) is 34.1 Å². The fraction of sp³-hybridized carbons (Fsp3) is 0.385. The fourth-order valence-electron chi connectivity index (χ4n) is 3.54. The lowest BCUT2D eigenvalue weighted by molar-refractivity contribution is 0.0450. The van der Waals surface area contributed by atoms with Gasteiger partial charge in [0, 0.05) is 5.69 Å². The van der Waals surface area contributed by atoms with Crippen LogP contribution < -0.4 is 10.1 Å². The van der Waals surface area contributed by atoms with Crippen molar-refractivity contribution in [3.63, 3.8) is 0 Å². The minimum absolute atomic E-state index is 0.0166. The monoisotopic (exact) mass is 516 g/mol. The van der Waals surface area contributed by atoms with Crippen molar-refractivity contribution < 1.29 is 14.3 Å². The molecule has 0 aliphatic carbocycles. The lowest BCUT2D eigenvalue weighted by Gasteiger charge is -2.25. The molecule has 0 spiro atoms. The minimum Gasteiger partial charge on any atom is -0.490 e. The standard InChI is InChI=1S/C26H30Cl2N4O3/c1-4-5-6-15-26(2,3)19-9-13-21(14-10-19)34-16-17-35-22(33)18-7-11-20(12-8-18)29-25-31-23(27)30-24(28)32-25/h7-14H,4-6,15-17H2,1-3H3,(H,29,30,31,32). The number of ether oxygens (including phenoxy) is 2. The zero-order valence-electron chi connectivity index (χ0n) is 20.2. The molecule has 9 heteroatoms. The molecule has 0 saturated heterocycles. The molecule has 0 unspecified atom stereocenters. The van der Waals surface area contributed by atoms with E-state index in [9.17, 15) is 4.79 Å². The van der Waals surface area contributed by atoms with Gasteiger partial charge in [0.1, 0.15) is 19.0 Å². The molecule has 0 bridgehead atoms. The summed E-state index contributed by atoms with van der Waals surface area (Å²) >= 11 is 11.5. The number of carbonyl (C=O) groups excluding carboxylic acids is 1. The Kier molecular flexibility index (Phi) is 9.69. The molecule has 1 heterocycles. The van der Waals surface area contributed by atoms with Gasteiger partial charge in [0.05, 0.1) is 5.56 Å². The van der Waals surface area contributed by atoms with Crippen LogP contribution in [0.4, 0.5) is 11.6 Å². The van der Waals surface area contributed by atoms with E-state index in [0.717, 1.165) is 12.2 Å². The van der Waals surface area contributed by atoms with Crippen LogP contribution in [0.25, 0.3) is 0 Å². The van der Waals surface area contributed by atoms with Crippen LogP contribution in [0.15, 0.2) is 48.5 Å². The molecular formula is C26H30Cl2N4O3. The first-order chi connectivity index (χ1) is 16.8. The number of carbonyl (C=O) groups is 1. The number of unbranched alkanes of at least 4 members (excludes halogenated alkanes) is 2. The Morgan fingerprint density at radius 2 is 1.57 bits per heavy atom. The quantitative estimate of drug-likeness (QED) is 0.204. The van der Waals surface area contributed by atoms with Crippen molar-refractivity contribution in [2.75, 3.05) is 18.5 Å². The van der Waals surface area contributed by atoms with Gasteiger partial charge in [-0.3, -0.25) is 0 Å². The molecule has 0 atom stereocenters. The van der Waals surface area contributed by atoms with Gasteiger partial charge in [-0.25, -0.2) is 4.79 Å². The number of halogens is 2. The lowest BCUT2D eigenvalue weighted by atomic mass is 9.80. The molecule has 0 fully saturated rings. The van der Waals surface area contributed by atoms with E-state index < -0.39 is 5.97 Å². The number of rotatable bonds is 12. The molecule has 1 aromatic heterocycles. The van der Waals surface area contributed by atoms with Crippen molar-refractivity contribution in [2.24, 2.45) is 0 Å². The van der Waals surface area contributed by atoms with Gasteiger partial charge >= 0.3 is 5.97 Å². The first-order valence-electron chi connectivity index (χ1n) is 11.6. The number of aromatic nitrogens is 3. The third-order valence-corrected chi connectivity index (χ3v) is 5.92. The lowest BCUT2D eigenvalue weighted by Crippen LogP contribution is -2.17. The van der Waals surface area contributed by atoms with Crippen molar-refractivity contribution >= 4 is 40.8 Å². The summed E-state index contributed by atoms with van der Waals surface area (Å²) in [5, 5.41) is 2.91. The van der Waals surface area contributed by atoms with Gasteiger partial charge in [-0.15, -0.1) is 0 Å². The summed E-state index contributed by atoms with van der Waals surface area (Å²) in [5.74, 6) is 0.522. The van der Waals surface area contributed by atoms with Gasteiger partial charge in [0.2, 0.25) is 16.5 Å². The number of nitrogens with one attached hydrogen (secondary N) is 1. The summed E-state index contributed by atoms with van der Waals surface area (Å²) in [5.41, 5.74) is 2.50. The van der Waals surface area contributed by atoms with Gasteiger partial charge in [-0.2, -0.15) is 15.0 Å². The maximum atomic E-state index is 12.3. The van der Waals surface area contributed by atoms with Gasteiger partial charge in [0.15, 0.2) is 0 Å². The Morgan fingerprint density at radius 3 is 2.20 bits per heavy atom. The van der Waals surface area contributed by atoms with Crippen molar-refractivity contribution in [1.82, 2.24) is 15.0 Å². The normalized spacial score (nSPS) is 11.2. The zero-order valence-corrected chi connectivity index (χ0v) is 21.7. The second-order valence-electron chi connectivity index (χ2n) is 8.75. The Balaban J connectivity index is 1.43. The largest absolute Gasteiger partial charge is 0.490 e. The Hall–Kier alpha value is -2.90. The molecule has 186 valence electrons. The molecule has 7 nitrogen and oxygen atoms in total. The molecule has 3 aromatic rings. The van der Waals surface area contributed by atoms with Crippen LogP contribution >= 0.6 is 23.2 Å². The third kappa shape index (κ3) is 8.37. The summed E-state index contributed by atoms with van der Waals surface area (Å²) in [6.45, 7) is 7.19. The smallest absolute Gasteiger partial charge is 0.338 e. The highest BCUT2D eigenvalue weighted by Gasteiger charge is 2.19. The summed E-state index contributed by atoms with van der Waals surface area (Å²) in [4.78, 5) is 23.9. The molecular weight excluding hydrogens is 487 g/mol. The first kappa shape index (κ1) is 26.7. The van der Waals surface area contributed by atoms with Crippen molar-refractivity contribution in [3.05, 3.63) is 70.2 Å². The molecule has 35 heavy (non-hydrogen) atoms. The molecule has 0 aliphatic rings. The average molecular weight is 517 g/mol. The van der Waals surface area contributed by atoms with E-state index in [1.807, 2.05) is 12.1 Å². The van der Waals surface area contributed by atoms with Crippen LogP contribution in [0.1, 0.15) is 62.4 Å². The number of anilines is 2. The minimum atomic E-state index is -0.435. The predicted molar refractivity (Wildman–Crippen MR) is 139 cm³/mol. The SMILES string of the molecule is CCCCCC(C)(C)c1ccc(OCCOC(=O)c2ccc(Nc3nc(Cl)nc(Cl)n3)cc2)cc1. The molecule has 0 saturated carbocycles. The summed E-state index contributed by atoms with van der Waals surface area (Å²) in [6, 6.07) is 14.8. The van der Waals surface area contributed by atoms with Crippen LogP contribution in [0.5, 0.6) is 5.75 Å².